The van der Waals surface area contributed by atoms with Gasteiger partial charge in [-0.05, 0) is 42.9 Å². The predicted molar refractivity (Wildman–Crippen MR) is 85.7 cm³/mol. The summed E-state index contributed by atoms with van der Waals surface area (Å²) in [5, 5.41) is 4.52. The summed E-state index contributed by atoms with van der Waals surface area (Å²) in [6.45, 7) is 6.29. The van der Waals surface area contributed by atoms with E-state index < -0.39 is 0 Å². The topological polar surface area (TPSA) is 37.4 Å². The first-order valence-corrected chi connectivity index (χ1v) is 7.62. The zero-order chi connectivity index (χ0) is 14.8. The smallest absolute Gasteiger partial charge is 0.119 e. The third kappa shape index (κ3) is 2.61. The van der Waals surface area contributed by atoms with Gasteiger partial charge >= 0.3 is 0 Å². The number of nitrogens with one attached hydrogen (secondary N) is 1. The van der Waals surface area contributed by atoms with E-state index in [2.05, 4.69) is 29.3 Å². The first-order valence-electron chi connectivity index (χ1n) is 7.62. The summed E-state index contributed by atoms with van der Waals surface area (Å²) in [4.78, 5) is 7.37. The van der Waals surface area contributed by atoms with Gasteiger partial charge in [0, 0.05) is 37.1 Å². The standard InChI is InChI=1S/C17H23N3O/c1-4-20-8-7-17-15(11-20)14(10-18-2)13-9-12(21-3)5-6-16(13)19-17/h5-6,9,18H,4,7-8,10-11H2,1-3H3. The lowest BCUT2D eigenvalue weighted by Crippen LogP contribution is -2.32. The van der Waals surface area contributed by atoms with Crippen LogP contribution in [-0.2, 0) is 19.5 Å². The molecule has 0 bridgehead atoms. The molecule has 1 N–H and O–H groups in total. The molecule has 3 rings (SSSR count). The second-order valence-corrected chi connectivity index (χ2v) is 5.55. The Morgan fingerprint density at radius 3 is 2.95 bits per heavy atom. The number of rotatable bonds is 4. The van der Waals surface area contributed by atoms with E-state index in [-0.39, 0.29) is 0 Å². The molecule has 4 heteroatoms. The highest BCUT2D eigenvalue weighted by molar-refractivity contribution is 5.85. The minimum atomic E-state index is 0.867. The summed E-state index contributed by atoms with van der Waals surface area (Å²) in [7, 11) is 3.71. The Bertz CT molecular complexity index is 654. The van der Waals surface area contributed by atoms with Crippen LogP contribution >= 0.6 is 0 Å². The molecule has 0 fully saturated rings. The van der Waals surface area contributed by atoms with Gasteiger partial charge in [-0.3, -0.25) is 9.88 Å². The van der Waals surface area contributed by atoms with Crippen LogP contribution in [0.5, 0.6) is 5.75 Å². The number of hydrogen-bond acceptors (Lipinski definition) is 4. The molecule has 0 unspecified atom stereocenters. The Labute approximate surface area is 126 Å². The van der Waals surface area contributed by atoms with Gasteiger partial charge in [0.05, 0.1) is 12.6 Å². The summed E-state index contributed by atoms with van der Waals surface area (Å²) in [6, 6.07) is 6.17. The number of aromatic nitrogens is 1. The Morgan fingerprint density at radius 1 is 1.38 bits per heavy atom. The Kier molecular flexibility index (Phi) is 4.08. The van der Waals surface area contributed by atoms with E-state index in [1.807, 2.05) is 13.1 Å². The molecule has 112 valence electrons. The molecular formula is C17H23N3O. The molecule has 0 aliphatic carbocycles. The number of methoxy groups -OCH3 is 1. The van der Waals surface area contributed by atoms with Crippen LogP contribution in [0.15, 0.2) is 18.2 Å². The molecule has 21 heavy (non-hydrogen) atoms. The fourth-order valence-corrected chi connectivity index (χ4v) is 3.14. The van der Waals surface area contributed by atoms with Gasteiger partial charge in [-0.25, -0.2) is 0 Å². The number of nitrogens with zero attached hydrogens (tertiary/aromatic N) is 2. The number of ether oxygens (including phenoxy) is 1. The molecule has 1 aromatic carbocycles. The van der Waals surface area contributed by atoms with Crippen molar-refractivity contribution < 1.29 is 4.74 Å². The highest BCUT2D eigenvalue weighted by Gasteiger charge is 2.21. The van der Waals surface area contributed by atoms with Gasteiger partial charge < -0.3 is 10.1 Å². The molecule has 2 aromatic rings. The van der Waals surface area contributed by atoms with E-state index >= 15 is 0 Å². The van der Waals surface area contributed by atoms with E-state index in [1.165, 1.54) is 22.2 Å². The highest BCUT2D eigenvalue weighted by Crippen LogP contribution is 2.30. The maximum Gasteiger partial charge on any atom is 0.119 e. The van der Waals surface area contributed by atoms with Crippen molar-refractivity contribution in [3.05, 3.63) is 35.0 Å². The van der Waals surface area contributed by atoms with Gasteiger partial charge in [0.15, 0.2) is 0 Å². The number of pyridine rings is 1. The quantitative estimate of drug-likeness (QED) is 0.935. The number of hydrogen-bond donors (Lipinski definition) is 1. The van der Waals surface area contributed by atoms with Crippen molar-refractivity contribution in [2.24, 2.45) is 0 Å². The summed E-state index contributed by atoms with van der Waals surface area (Å²) in [6.07, 6.45) is 1.04. The van der Waals surface area contributed by atoms with Gasteiger partial charge in [0.2, 0.25) is 0 Å². The minimum Gasteiger partial charge on any atom is -0.497 e. The van der Waals surface area contributed by atoms with Crippen molar-refractivity contribution in [3.8, 4) is 5.75 Å². The molecule has 0 amide bonds. The third-order valence-corrected chi connectivity index (χ3v) is 4.34. The summed E-state index contributed by atoms with van der Waals surface area (Å²) >= 11 is 0. The zero-order valence-corrected chi connectivity index (χ0v) is 13.1. The monoisotopic (exact) mass is 285 g/mol. The van der Waals surface area contributed by atoms with Crippen molar-refractivity contribution in [3.63, 3.8) is 0 Å². The molecule has 0 radical (unpaired) electrons. The molecule has 0 saturated heterocycles. The number of fused-ring (bicyclic) bond motifs is 2. The van der Waals surface area contributed by atoms with Crippen LogP contribution in [0.1, 0.15) is 23.7 Å². The summed E-state index contributed by atoms with van der Waals surface area (Å²) in [5.41, 5.74) is 5.11. The summed E-state index contributed by atoms with van der Waals surface area (Å²) < 4.78 is 5.38. The first-order chi connectivity index (χ1) is 10.3. The molecular weight excluding hydrogens is 262 g/mol. The normalized spacial score (nSPS) is 15.2. The third-order valence-electron chi connectivity index (χ3n) is 4.34. The molecule has 1 aliphatic rings. The number of likely N-dealkylation sites (N-methyl/N-ethyl adjacent to an activating group) is 1. The van der Waals surface area contributed by atoms with Crippen LogP contribution in [0, 0.1) is 0 Å². The largest absolute Gasteiger partial charge is 0.497 e. The number of benzene rings is 1. The van der Waals surface area contributed by atoms with E-state index in [4.69, 9.17) is 9.72 Å². The van der Waals surface area contributed by atoms with Crippen molar-refractivity contribution >= 4 is 10.9 Å². The lowest BCUT2D eigenvalue weighted by Gasteiger charge is -2.29. The van der Waals surface area contributed by atoms with Crippen molar-refractivity contribution in [2.75, 3.05) is 27.2 Å². The van der Waals surface area contributed by atoms with Crippen LogP contribution in [0.25, 0.3) is 10.9 Å². The van der Waals surface area contributed by atoms with E-state index in [1.54, 1.807) is 7.11 Å². The van der Waals surface area contributed by atoms with Crippen LogP contribution in [0.3, 0.4) is 0 Å². The molecule has 0 atom stereocenters. The van der Waals surface area contributed by atoms with Crippen molar-refractivity contribution in [1.82, 2.24) is 15.2 Å². The SMILES string of the molecule is CCN1CCc2nc3ccc(OC)cc3c(CNC)c2C1. The van der Waals surface area contributed by atoms with Crippen LogP contribution in [-0.4, -0.2) is 37.1 Å². The van der Waals surface area contributed by atoms with E-state index in [0.29, 0.717) is 0 Å². The molecule has 0 spiro atoms. The minimum absolute atomic E-state index is 0.867. The Balaban J connectivity index is 2.20. The molecule has 4 nitrogen and oxygen atoms in total. The summed E-state index contributed by atoms with van der Waals surface area (Å²) in [5.74, 6) is 0.893. The molecule has 1 aromatic heterocycles. The fraction of sp³-hybridized carbons (Fsp3) is 0.471. The van der Waals surface area contributed by atoms with Gasteiger partial charge in [-0.15, -0.1) is 0 Å². The van der Waals surface area contributed by atoms with Gasteiger partial charge in [0.1, 0.15) is 5.75 Å². The van der Waals surface area contributed by atoms with E-state index in [0.717, 1.165) is 43.9 Å². The fourth-order valence-electron chi connectivity index (χ4n) is 3.14. The average molecular weight is 285 g/mol. The lowest BCUT2D eigenvalue weighted by atomic mass is 9.95. The average Bonchev–Trinajstić information content (AvgIpc) is 2.54. The van der Waals surface area contributed by atoms with Crippen molar-refractivity contribution in [1.29, 1.82) is 0 Å². The maximum absolute atomic E-state index is 5.38. The molecule has 2 heterocycles. The van der Waals surface area contributed by atoms with Crippen LogP contribution in [0.4, 0.5) is 0 Å². The van der Waals surface area contributed by atoms with Gasteiger partial charge in [-0.2, -0.15) is 0 Å². The van der Waals surface area contributed by atoms with Gasteiger partial charge in [-0.1, -0.05) is 6.92 Å². The van der Waals surface area contributed by atoms with Crippen LogP contribution < -0.4 is 10.1 Å². The second kappa shape index (κ2) is 6.00. The Hall–Kier alpha value is -1.65. The zero-order valence-electron chi connectivity index (χ0n) is 13.1. The molecule has 0 saturated carbocycles. The lowest BCUT2D eigenvalue weighted by molar-refractivity contribution is 0.265. The highest BCUT2D eigenvalue weighted by atomic mass is 16.5. The van der Waals surface area contributed by atoms with Crippen molar-refractivity contribution in [2.45, 2.75) is 26.4 Å². The van der Waals surface area contributed by atoms with Gasteiger partial charge in [0.25, 0.3) is 0 Å². The van der Waals surface area contributed by atoms with E-state index in [9.17, 15) is 0 Å². The maximum atomic E-state index is 5.38. The van der Waals surface area contributed by atoms with Crippen LogP contribution in [0.2, 0.25) is 0 Å². The predicted octanol–water partition coefficient (Wildman–Crippen LogP) is 2.34. The first kappa shape index (κ1) is 14.3. The molecule has 1 aliphatic heterocycles. The second-order valence-electron chi connectivity index (χ2n) is 5.55. The Morgan fingerprint density at radius 2 is 2.24 bits per heavy atom.